The fourth-order valence-corrected chi connectivity index (χ4v) is 2.85. The highest BCUT2D eigenvalue weighted by Crippen LogP contribution is 2.38. The van der Waals surface area contributed by atoms with E-state index in [1.165, 1.54) is 6.42 Å². The Balaban J connectivity index is 2.50. The van der Waals surface area contributed by atoms with E-state index in [1.807, 2.05) is 12.1 Å². The predicted octanol–water partition coefficient (Wildman–Crippen LogP) is 2.50. The first-order valence-electron chi connectivity index (χ1n) is 9.59. The van der Waals surface area contributed by atoms with E-state index >= 15 is 0 Å². The van der Waals surface area contributed by atoms with Gasteiger partial charge in [-0.1, -0.05) is 13.8 Å². The standard InChI is InChI=1S/C20H36N4O3/c1-7-24(8-2)12-10-9-11-22-20(21-3)23-15-16-13-17(25-4)19(27-6)18(14-16)26-5/h13-14H,7-12,15H2,1-6H3,(H2,21,22,23). The molecule has 0 aliphatic carbocycles. The van der Waals surface area contributed by atoms with Gasteiger partial charge >= 0.3 is 0 Å². The molecule has 0 amide bonds. The van der Waals surface area contributed by atoms with Crippen LogP contribution in [0.5, 0.6) is 17.2 Å². The van der Waals surface area contributed by atoms with Gasteiger partial charge in [0.1, 0.15) is 0 Å². The number of rotatable bonds is 12. The first-order valence-corrected chi connectivity index (χ1v) is 9.59. The summed E-state index contributed by atoms with van der Waals surface area (Å²) in [6.07, 6.45) is 2.29. The second-order valence-corrected chi connectivity index (χ2v) is 6.12. The molecular formula is C20H36N4O3. The molecule has 7 heteroatoms. The zero-order valence-electron chi connectivity index (χ0n) is 17.7. The molecule has 0 aliphatic heterocycles. The number of ether oxygens (including phenoxy) is 3. The number of aliphatic imine (C=N–C) groups is 1. The summed E-state index contributed by atoms with van der Waals surface area (Å²) in [4.78, 5) is 6.73. The van der Waals surface area contributed by atoms with Crippen molar-refractivity contribution in [2.45, 2.75) is 33.2 Å². The molecule has 0 aliphatic rings. The van der Waals surface area contributed by atoms with E-state index in [9.17, 15) is 0 Å². The number of guanidine groups is 1. The lowest BCUT2D eigenvalue weighted by Crippen LogP contribution is -2.37. The maximum atomic E-state index is 5.40. The van der Waals surface area contributed by atoms with Crippen molar-refractivity contribution in [3.63, 3.8) is 0 Å². The molecule has 0 fully saturated rings. The van der Waals surface area contributed by atoms with Gasteiger partial charge in [-0.15, -0.1) is 0 Å². The van der Waals surface area contributed by atoms with Gasteiger partial charge in [-0.05, 0) is 50.2 Å². The van der Waals surface area contributed by atoms with Crippen molar-refractivity contribution < 1.29 is 14.2 Å². The first kappa shape index (κ1) is 22.9. The molecule has 1 rings (SSSR count). The van der Waals surface area contributed by atoms with Crippen molar-refractivity contribution in [2.24, 2.45) is 4.99 Å². The zero-order chi connectivity index (χ0) is 20.1. The minimum absolute atomic E-state index is 0.597. The van der Waals surface area contributed by atoms with Gasteiger partial charge in [-0.3, -0.25) is 4.99 Å². The Morgan fingerprint density at radius 2 is 1.59 bits per heavy atom. The lowest BCUT2D eigenvalue weighted by atomic mass is 10.2. The molecule has 0 unspecified atom stereocenters. The number of benzene rings is 1. The van der Waals surface area contributed by atoms with Crippen molar-refractivity contribution in [1.82, 2.24) is 15.5 Å². The molecule has 0 atom stereocenters. The third-order valence-corrected chi connectivity index (χ3v) is 4.50. The summed E-state index contributed by atoms with van der Waals surface area (Å²) in [5, 5.41) is 6.69. The Morgan fingerprint density at radius 3 is 2.07 bits per heavy atom. The van der Waals surface area contributed by atoms with Crippen LogP contribution < -0.4 is 24.8 Å². The molecule has 1 aromatic carbocycles. The molecule has 0 radical (unpaired) electrons. The van der Waals surface area contributed by atoms with Crippen molar-refractivity contribution in [3.8, 4) is 17.2 Å². The van der Waals surface area contributed by atoms with E-state index in [1.54, 1.807) is 28.4 Å². The van der Waals surface area contributed by atoms with E-state index in [4.69, 9.17) is 14.2 Å². The van der Waals surface area contributed by atoms with E-state index in [2.05, 4.69) is 34.4 Å². The molecule has 1 aromatic rings. The van der Waals surface area contributed by atoms with Crippen LogP contribution in [0.1, 0.15) is 32.3 Å². The average Bonchev–Trinajstić information content (AvgIpc) is 2.71. The van der Waals surface area contributed by atoms with Crippen LogP contribution in [0.15, 0.2) is 17.1 Å². The van der Waals surface area contributed by atoms with Gasteiger partial charge < -0.3 is 29.7 Å². The lowest BCUT2D eigenvalue weighted by molar-refractivity contribution is 0.297. The first-order chi connectivity index (χ1) is 13.1. The Bertz CT molecular complexity index is 549. The van der Waals surface area contributed by atoms with E-state index < -0.39 is 0 Å². The summed E-state index contributed by atoms with van der Waals surface area (Å²) < 4.78 is 16.2. The van der Waals surface area contributed by atoms with Crippen LogP contribution in [0.25, 0.3) is 0 Å². The SMILES string of the molecule is CCN(CC)CCCCNC(=NC)NCc1cc(OC)c(OC)c(OC)c1. The van der Waals surface area contributed by atoms with E-state index in [0.717, 1.165) is 44.1 Å². The maximum Gasteiger partial charge on any atom is 0.203 e. The minimum Gasteiger partial charge on any atom is -0.493 e. The van der Waals surface area contributed by atoms with Gasteiger partial charge in [-0.2, -0.15) is 0 Å². The van der Waals surface area contributed by atoms with Gasteiger partial charge in [0.05, 0.1) is 21.3 Å². The number of methoxy groups -OCH3 is 3. The Kier molecular flexibility index (Phi) is 11.1. The van der Waals surface area contributed by atoms with Gasteiger partial charge in [-0.25, -0.2) is 0 Å². The third kappa shape index (κ3) is 7.54. The minimum atomic E-state index is 0.597. The molecule has 7 nitrogen and oxygen atoms in total. The maximum absolute atomic E-state index is 5.40. The summed E-state index contributed by atoms with van der Waals surface area (Å²) in [6.45, 7) is 9.29. The highest BCUT2D eigenvalue weighted by atomic mass is 16.5. The smallest absolute Gasteiger partial charge is 0.203 e. The number of hydrogen-bond acceptors (Lipinski definition) is 5. The fraction of sp³-hybridized carbons (Fsp3) is 0.650. The van der Waals surface area contributed by atoms with Crippen LogP contribution in [-0.4, -0.2) is 65.4 Å². The Labute approximate surface area is 164 Å². The molecule has 0 heterocycles. The molecule has 0 bridgehead atoms. The number of nitrogens with zero attached hydrogens (tertiary/aromatic N) is 2. The number of hydrogen-bond donors (Lipinski definition) is 2. The van der Waals surface area contributed by atoms with Crippen LogP contribution in [0, 0.1) is 0 Å². The largest absolute Gasteiger partial charge is 0.493 e. The molecule has 0 spiro atoms. The molecule has 0 saturated heterocycles. The fourth-order valence-electron chi connectivity index (χ4n) is 2.85. The molecule has 154 valence electrons. The Morgan fingerprint density at radius 1 is 0.963 bits per heavy atom. The summed E-state index contributed by atoms with van der Waals surface area (Å²) in [7, 11) is 6.62. The highest BCUT2D eigenvalue weighted by molar-refractivity contribution is 5.79. The van der Waals surface area contributed by atoms with Gasteiger partial charge in [0.2, 0.25) is 5.75 Å². The summed E-state index contributed by atoms with van der Waals surface area (Å²) in [5.41, 5.74) is 1.02. The van der Waals surface area contributed by atoms with Crippen molar-refractivity contribution in [3.05, 3.63) is 17.7 Å². The number of unbranched alkanes of at least 4 members (excludes halogenated alkanes) is 1. The number of nitrogens with one attached hydrogen (secondary N) is 2. The third-order valence-electron chi connectivity index (χ3n) is 4.50. The van der Waals surface area contributed by atoms with Crippen LogP contribution in [0.2, 0.25) is 0 Å². The zero-order valence-corrected chi connectivity index (χ0v) is 17.7. The van der Waals surface area contributed by atoms with Crippen LogP contribution in [-0.2, 0) is 6.54 Å². The normalized spacial score (nSPS) is 11.4. The molecule has 0 saturated carbocycles. The van der Waals surface area contributed by atoms with E-state index in [0.29, 0.717) is 23.8 Å². The second-order valence-electron chi connectivity index (χ2n) is 6.12. The molecule has 0 aromatic heterocycles. The molecule has 27 heavy (non-hydrogen) atoms. The molecule has 2 N–H and O–H groups in total. The quantitative estimate of drug-likeness (QED) is 0.330. The van der Waals surface area contributed by atoms with Crippen molar-refractivity contribution in [2.75, 3.05) is 54.6 Å². The molecular weight excluding hydrogens is 344 g/mol. The topological polar surface area (TPSA) is 67.4 Å². The summed E-state index contributed by atoms with van der Waals surface area (Å²) in [6, 6.07) is 3.87. The lowest BCUT2D eigenvalue weighted by Gasteiger charge is -2.18. The predicted molar refractivity (Wildman–Crippen MR) is 111 cm³/mol. The van der Waals surface area contributed by atoms with Crippen molar-refractivity contribution in [1.29, 1.82) is 0 Å². The van der Waals surface area contributed by atoms with Gasteiger partial charge in [0.25, 0.3) is 0 Å². The van der Waals surface area contributed by atoms with Gasteiger partial charge in [0, 0.05) is 20.1 Å². The van der Waals surface area contributed by atoms with Crippen LogP contribution in [0.4, 0.5) is 0 Å². The van der Waals surface area contributed by atoms with E-state index in [-0.39, 0.29) is 0 Å². The monoisotopic (exact) mass is 380 g/mol. The Hall–Kier alpha value is -2.15. The van der Waals surface area contributed by atoms with Crippen molar-refractivity contribution >= 4 is 5.96 Å². The van der Waals surface area contributed by atoms with Gasteiger partial charge in [0.15, 0.2) is 17.5 Å². The van der Waals surface area contributed by atoms with Crippen LogP contribution in [0.3, 0.4) is 0 Å². The summed E-state index contributed by atoms with van der Waals surface area (Å²) in [5.74, 6) is 2.67. The second kappa shape index (κ2) is 13.1. The summed E-state index contributed by atoms with van der Waals surface area (Å²) >= 11 is 0. The van der Waals surface area contributed by atoms with Crippen LogP contribution >= 0.6 is 0 Å². The highest BCUT2D eigenvalue weighted by Gasteiger charge is 2.13. The average molecular weight is 381 g/mol.